The molecule has 0 amide bonds. The van der Waals surface area contributed by atoms with Crippen molar-refractivity contribution >= 4 is 5.88 Å². The van der Waals surface area contributed by atoms with Gasteiger partial charge in [0.1, 0.15) is 23.1 Å². The highest BCUT2D eigenvalue weighted by Gasteiger charge is 2.21. The molecule has 0 bridgehead atoms. The molecule has 3 aromatic rings. The summed E-state index contributed by atoms with van der Waals surface area (Å²) in [7, 11) is 0. The van der Waals surface area contributed by atoms with Gasteiger partial charge in [0.05, 0.1) is 17.5 Å². The number of hydrogen-bond acceptors (Lipinski definition) is 4. The Morgan fingerprint density at radius 1 is 1.00 bits per heavy atom. The normalized spacial score (nSPS) is 10.8. The van der Waals surface area contributed by atoms with Gasteiger partial charge in [-0.05, 0) is 24.3 Å². The molecule has 0 aliphatic carbocycles. The lowest BCUT2D eigenvalue weighted by Crippen LogP contribution is -1.93. The van der Waals surface area contributed by atoms with Crippen LogP contribution in [-0.2, 0) is 0 Å². The first-order valence-electron chi connectivity index (χ1n) is 5.89. The van der Waals surface area contributed by atoms with Crippen LogP contribution in [0.3, 0.4) is 0 Å². The molecular weight excluding hydrogens is 283 g/mol. The molecule has 2 N–H and O–H groups in total. The van der Waals surface area contributed by atoms with Crippen LogP contribution in [0.1, 0.15) is 0 Å². The molecule has 21 heavy (non-hydrogen) atoms. The number of pyridine rings is 1. The molecule has 0 saturated carbocycles. The van der Waals surface area contributed by atoms with Crippen molar-refractivity contribution in [3.05, 3.63) is 54.0 Å². The molecule has 7 heteroatoms. The number of halogens is 3. The van der Waals surface area contributed by atoms with E-state index in [-0.39, 0.29) is 28.4 Å². The van der Waals surface area contributed by atoms with Crippen molar-refractivity contribution in [3.8, 4) is 22.5 Å². The second-order valence-corrected chi connectivity index (χ2v) is 4.26. The molecule has 3 rings (SSSR count). The summed E-state index contributed by atoms with van der Waals surface area (Å²) in [5.41, 5.74) is 6.24. The minimum absolute atomic E-state index is 0.0243. The lowest BCUT2D eigenvalue weighted by Gasteiger charge is -2.04. The van der Waals surface area contributed by atoms with E-state index in [0.29, 0.717) is 0 Å². The number of benzene rings is 1. The Hall–Kier alpha value is -2.83. The largest absolute Gasteiger partial charge is 0.367 e. The van der Waals surface area contributed by atoms with Crippen molar-refractivity contribution in [1.29, 1.82) is 0 Å². The van der Waals surface area contributed by atoms with Crippen LogP contribution in [0.4, 0.5) is 19.1 Å². The van der Waals surface area contributed by atoms with Crippen LogP contribution >= 0.6 is 0 Å². The van der Waals surface area contributed by atoms with Crippen molar-refractivity contribution in [2.24, 2.45) is 0 Å². The van der Waals surface area contributed by atoms with Crippen molar-refractivity contribution in [3.63, 3.8) is 0 Å². The van der Waals surface area contributed by atoms with Crippen molar-refractivity contribution in [2.45, 2.75) is 0 Å². The third-order valence-corrected chi connectivity index (χ3v) is 2.89. The molecule has 0 unspecified atom stereocenters. The Morgan fingerprint density at radius 3 is 2.43 bits per heavy atom. The summed E-state index contributed by atoms with van der Waals surface area (Å²) in [6.45, 7) is 0. The molecule has 0 atom stereocenters. The first kappa shape index (κ1) is 13.2. The summed E-state index contributed by atoms with van der Waals surface area (Å²) in [5, 5.41) is 3.71. The van der Waals surface area contributed by atoms with Gasteiger partial charge in [0, 0.05) is 11.6 Å². The molecule has 0 aliphatic rings. The number of rotatable bonds is 2. The molecule has 106 valence electrons. The highest BCUT2D eigenvalue weighted by molar-refractivity contribution is 5.85. The SMILES string of the molecule is Nc1onc(-c2ccc(F)cn2)c1-c1ccc(F)cc1F. The molecular formula is C14H8F3N3O. The smallest absolute Gasteiger partial charge is 0.230 e. The predicted octanol–water partition coefficient (Wildman–Crippen LogP) is 3.40. The van der Waals surface area contributed by atoms with Gasteiger partial charge in [0.15, 0.2) is 0 Å². The third kappa shape index (κ3) is 2.33. The van der Waals surface area contributed by atoms with Crippen molar-refractivity contribution in [2.75, 3.05) is 5.73 Å². The van der Waals surface area contributed by atoms with Crippen LogP contribution in [0.5, 0.6) is 0 Å². The fraction of sp³-hybridized carbons (Fsp3) is 0. The number of nitrogens with zero attached hydrogens (tertiary/aromatic N) is 2. The van der Waals surface area contributed by atoms with Gasteiger partial charge in [-0.2, -0.15) is 0 Å². The minimum Gasteiger partial charge on any atom is -0.367 e. The topological polar surface area (TPSA) is 64.9 Å². The van der Waals surface area contributed by atoms with E-state index in [1.54, 1.807) is 0 Å². The zero-order valence-corrected chi connectivity index (χ0v) is 10.5. The molecule has 2 aromatic heterocycles. The molecule has 0 saturated heterocycles. The molecule has 2 heterocycles. The Kier molecular flexibility index (Phi) is 3.09. The third-order valence-electron chi connectivity index (χ3n) is 2.89. The van der Waals surface area contributed by atoms with E-state index in [4.69, 9.17) is 10.3 Å². The van der Waals surface area contributed by atoms with Crippen LogP contribution in [0.25, 0.3) is 22.5 Å². The predicted molar refractivity (Wildman–Crippen MR) is 69.5 cm³/mol. The standard InChI is InChI=1S/C14H8F3N3O/c15-7-1-3-9(10(17)5-7)12-13(20-21-14(12)18)11-4-2-8(16)6-19-11/h1-6H,18H2. The molecule has 1 aromatic carbocycles. The lowest BCUT2D eigenvalue weighted by atomic mass is 10.0. The maximum Gasteiger partial charge on any atom is 0.230 e. The van der Waals surface area contributed by atoms with Gasteiger partial charge in [-0.1, -0.05) is 5.16 Å². The maximum atomic E-state index is 13.9. The number of hydrogen-bond donors (Lipinski definition) is 1. The van der Waals surface area contributed by atoms with Crippen LogP contribution in [0.2, 0.25) is 0 Å². The van der Waals surface area contributed by atoms with Crippen LogP contribution in [0.15, 0.2) is 41.1 Å². The van der Waals surface area contributed by atoms with E-state index in [2.05, 4.69) is 10.1 Å². The Labute approximate surface area is 117 Å². The van der Waals surface area contributed by atoms with Gasteiger partial charge in [-0.15, -0.1) is 0 Å². The highest BCUT2D eigenvalue weighted by atomic mass is 19.1. The van der Waals surface area contributed by atoms with E-state index in [9.17, 15) is 13.2 Å². The van der Waals surface area contributed by atoms with Crippen LogP contribution in [0, 0.1) is 17.5 Å². The monoisotopic (exact) mass is 291 g/mol. The molecule has 0 aliphatic heterocycles. The van der Waals surface area contributed by atoms with E-state index in [1.807, 2.05) is 0 Å². The molecule has 0 spiro atoms. The molecule has 0 radical (unpaired) electrons. The van der Waals surface area contributed by atoms with Crippen LogP contribution in [-0.4, -0.2) is 10.1 Å². The number of anilines is 1. The quantitative estimate of drug-likeness (QED) is 0.786. The maximum absolute atomic E-state index is 13.9. The summed E-state index contributed by atoms with van der Waals surface area (Å²) in [4.78, 5) is 3.85. The van der Waals surface area contributed by atoms with Gasteiger partial charge in [-0.3, -0.25) is 4.98 Å². The zero-order chi connectivity index (χ0) is 15.0. The summed E-state index contributed by atoms with van der Waals surface area (Å²) in [6.07, 6.45) is 0.991. The summed E-state index contributed by atoms with van der Waals surface area (Å²) >= 11 is 0. The number of nitrogens with two attached hydrogens (primary N) is 1. The van der Waals surface area contributed by atoms with Gasteiger partial charge < -0.3 is 10.3 Å². The molecule has 4 nitrogen and oxygen atoms in total. The zero-order valence-electron chi connectivity index (χ0n) is 10.5. The molecule has 0 fully saturated rings. The summed E-state index contributed by atoms with van der Waals surface area (Å²) < 4.78 is 44.7. The fourth-order valence-corrected chi connectivity index (χ4v) is 1.95. The van der Waals surface area contributed by atoms with Crippen LogP contribution < -0.4 is 5.73 Å². The highest BCUT2D eigenvalue weighted by Crippen LogP contribution is 2.36. The van der Waals surface area contributed by atoms with Gasteiger partial charge in [0.25, 0.3) is 0 Å². The first-order chi connectivity index (χ1) is 10.1. The number of nitrogen functional groups attached to an aromatic ring is 1. The summed E-state index contributed by atoms with van der Waals surface area (Å²) in [5.74, 6) is -2.19. The van der Waals surface area contributed by atoms with Gasteiger partial charge >= 0.3 is 0 Å². The van der Waals surface area contributed by atoms with E-state index in [0.717, 1.165) is 18.3 Å². The number of aromatic nitrogens is 2. The average molecular weight is 291 g/mol. The Balaban J connectivity index is 2.19. The van der Waals surface area contributed by atoms with Crippen molar-refractivity contribution in [1.82, 2.24) is 10.1 Å². The van der Waals surface area contributed by atoms with E-state index in [1.165, 1.54) is 18.2 Å². The minimum atomic E-state index is -0.812. The fourth-order valence-electron chi connectivity index (χ4n) is 1.95. The average Bonchev–Trinajstić information content (AvgIpc) is 2.82. The van der Waals surface area contributed by atoms with E-state index < -0.39 is 17.5 Å². The lowest BCUT2D eigenvalue weighted by molar-refractivity contribution is 0.439. The van der Waals surface area contributed by atoms with Gasteiger partial charge in [-0.25, -0.2) is 13.2 Å². The first-order valence-corrected chi connectivity index (χ1v) is 5.89. The summed E-state index contributed by atoms with van der Waals surface area (Å²) in [6, 6.07) is 5.58. The second kappa shape index (κ2) is 4.93. The van der Waals surface area contributed by atoms with E-state index >= 15 is 0 Å². The second-order valence-electron chi connectivity index (χ2n) is 4.26. The van der Waals surface area contributed by atoms with Gasteiger partial charge in [0.2, 0.25) is 5.88 Å². The Morgan fingerprint density at radius 2 is 1.76 bits per heavy atom. The Bertz CT molecular complexity index is 800. The van der Waals surface area contributed by atoms with Crippen molar-refractivity contribution < 1.29 is 17.7 Å².